The number of hydrogen-bond donors (Lipinski definition) is 2. The van der Waals surface area contributed by atoms with Crippen LogP contribution in [0, 0.1) is 6.92 Å². The number of carboxylic acid groups (broad SMARTS) is 2. The number of carbonyl (C=O) groups is 3. The molecular weight excluding hydrogens is 362 g/mol. The van der Waals surface area contributed by atoms with E-state index in [2.05, 4.69) is 0 Å². The van der Waals surface area contributed by atoms with Gasteiger partial charge in [0.25, 0.3) is 5.56 Å². The summed E-state index contributed by atoms with van der Waals surface area (Å²) in [5.41, 5.74) is 1.89. The molecule has 1 heterocycles. The van der Waals surface area contributed by atoms with Crippen LogP contribution < -0.4 is 5.56 Å². The number of rotatable bonds is 4. The molecule has 0 saturated carbocycles. The maximum atomic E-state index is 11.5. The van der Waals surface area contributed by atoms with Crippen LogP contribution in [0.5, 0.6) is 0 Å². The van der Waals surface area contributed by atoms with Gasteiger partial charge in [-0.2, -0.15) is 0 Å². The predicted molar refractivity (Wildman–Crippen MR) is 103 cm³/mol. The van der Waals surface area contributed by atoms with Gasteiger partial charge in [-0.3, -0.25) is 14.2 Å². The largest absolute Gasteiger partial charge is 0.478 e. The van der Waals surface area contributed by atoms with Gasteiger partial charge in [-0.1, -0.05) is 6.07 Å². The lowest BCUT2D eigenvalue weighted by atomic mass is 10.1. The van der Waals surface area contributed by atoms with Crippen molar-refractivity contribution in [3.8, 4) is 5.69 Å². The average molecular weight is 379 g/mol. The first-order chi connectivity index (χ1) is 13.3. The van der Waals surface area contributed by atoms with Crippen molar-refractivity contribution in [2.75, 3.05) is 0 Å². The standard InChI is InChI=1S/C12H9NO2.C9H8O4/c14-9-10-4-6-11(7-5-10)13-8-2-1-3-12(13)15;1-5-2-6(8(10)11)4-7(3-5)9(12)13/h1-9H;2-4H,1H3,(H,10,11)(H,12,13). The van der Waals surface area contributed by atoms with Crippen LogP contribution in [0.3, 0.4) is 0 Å². The zero-order valence-corrected chi connectivity index (χ0v) is 14.9. The molecule has 0 radical (unpaired) electrons. The third-order valence-corrected chi connectivity index (χ3v) is 3.70. The lowest BCUT2D eigenvalue weighted by Gasteiger charge is -2.04. The predicted octanol–water partition coefficient (Wildman–Crippen LogP) is 3.04. The maximum Gasteiger partial charge on any atom is 0.335 e. The second-order valence-corrected chi connectivity index (χ2v) is 5.82. The van der Waals surface area contributed by atoms with E-state index < -0.39 is 11.9 Å². The van der Waals surface area contributed by atoms with Crippen molar-refractivity contribution < 1.29 is 24.6 Å². The average Bonchev–Trinajstić information content (AvgIpc) is 2.68. The number of benzene rings is 2. The second kappa shape index (κ2) is 9.09. The number of aldehydes is 1. The van der Waals surface area contributed by atoms with Crippen molar-refractivity contribution in [2.45, 2.75) is 6.92 Å². The molecule has 0 aliphatic carbocycles. The van der Waals surface area contributed by atoms with E-state index in [-0.39, 0.29) is 16.7 Å². The smallest absolute Gasteiger partial charge is 0.335 e. The van der Waals surface area contributed by atoms with Gasteiger partial charge >= 0.3 is 11.9 Å². The number of nitrogens with zero attached hydrogens (tertiary/aromatic N) is 1. The SMILES string of the molecule is Cc1cc(C(=O)O)cc(C(=O)O)c1.O=Cc1ccc(-n2ccccc2=O)cc1. The molecule has 0 aliphatic rings. The van der Waals surface area contributed by atoms with Crippen LogP contribution >= 0.6 is 0 Å². The minimum Gasteiger partial charge on any atom is -0.478 e. The first kappa shape index (κ1) is 20.3. The summed E-state index contributed by atoms with van der Waals surface area (Å²) in [4.78, 5) is 43.0. The van der Waals surface area contributed by atoms with Crippen LogP contribution in [0.25, 0.3) is 5.69 Å². The van der Waals surface area contributed by atoms with E-state index in [9.17, 15) is 19.2 Å². The zero-order valence-electron chi connectivity index (χ0n) is 14.9. The molecule has 3 aromatic rings. The Morgan fingerprint density at radius 2 is 1.46 bits per heavy atom. The summed E-state index contributed by atoms with van der Waals surface area (Å²) in [5.74, 6) is -2.24. The lowest BCUT2D eigenvalue weighted by molar-refractivity contribution is 0.0696. The quantitative estimate of drug-likeness (QED) is 0.674. The molecule has 0 atom stereocenters. The van der Waals surface area contributed by atoms with Gasteiger partial charge in [0, 0.05) is 23.5 Å². The minimum absolute atomic E-state index is 0.00241. The Hall–Kier alpha value is -4.00. The van der Waals surface area contributed by atoms with Crippen LogP contribution in [-0.2, 0) is 0 Å². The van der Waals surface area contributed by atoms with E-state index in [0.29, 0.717) is 11.1 Å². The molecular formula is C21H17NO6. The summed E-state index contributed by atoms with van der Waals surface area (Å²) in [6.07, 6.45) is 2.47. The van der Waals surface area contributed by atoms with Crippen molar-refractivity contribution >= 4 is 18.2 Å². The van der Waals surface area contributed by atoms with Gasteiger partial charge in [0.15, 0.2) is 0 Å². The molecule has 142 valence electrons. The van der Waals surface area contributed by atoms with E-state index in [4.69, 9.17) is 10.2 Å². The van der Waals surface area contributed by atoms with Crippen molar-refractivity contribution in [1.82, 2.24) is 4.57 Å². The highest BCUT2D eigenvalue weighted by molar-refractivity contribution is 5.94. The molecule has 0 fully saturated rings. The Morgan fingerprint density at radius 3 is 1.93 bits per heavy atom. The zero-order chi connectivity index (χ0) is 20.7. The number of carbonyl (C=O) groups excluding carboxylic acids is 1. The third-order valence-electron chi connectivity index (χ3n) is 3.70. The summed E-state index contributed by atoms with van der Waals surface area (Å²) < 4.78 is 1.52. The first-order valence-electron chi connectivity index (χ1n) is 8.13. The van der Waals surface area contributed by atoms with Gasteiger partial charge in [0.2, 0.25) is 0 Å². The summed E-state index contributed by atoms with van der Waals surface area (Å²) >= 11 is 0. The van der Waals surface area contributed by atoms with E-state index in [0.717, 1.165) is 18.0 Å². The van der Waals surface area contributed by atoms with Crippen molar-refractivity contribution in [3.63, 3.8) is 0 Å². The van der Waals surface area contributed by atoms with Gasteiger partial charge < -0.3 is 10.2 Å². The van der Waals surface area contributed by atoms with Crippen LogP contribution in [-0.4, -0.2) is 33.0 Å². The Balaban J connectivity index is 0.000000203. The van der Waals surface area contributed by atoms with Gasteiger partial charge in [0.1, 0.15) is 6.29 Å². The van der Waals surface area contributed by atoms with Gasteiger partial charge in [-0.25, -0.2) is 9.59 Å². The number of aryl methyl sites for hydroxylation is 1. The van der Waals surface area contributed by atoms with Gasteiger partial charge in [-0.05, 0) is 61.0 Å². The number of hydrogen-bond acceptors (Lipinski definition) is 4. The summed E-state index contributed by atoms with van der Waals surface area (Å²) in [6.45, 7) is 1.65. The van der Waals surface area contributed by atoms with Crippen molar-refractivity contribution in [2.24, 2.45) is 0 Å². The Kier molecular flexibility index (Phi) is 6.59. The summed E-state index contributed by atoms with van der Waals surface area (Å²) in [6, 6.07) is 15.8. The van der Waals surface area contributed by atoms with Crippen LogP contribution in [0.1, 0.15) is 36.6 Å². The van der Waals surface area contributed by atoms with Crippen LogP contribution in [0.4, 0.5) is 0 Å². The minimum atomic E-state index is -1.12. The molecule has 2 aromatic carbocycles. The monoisotopic (exact) mass is 379 g/mol. The van der Waals surface area contributed by atoms with Gasteiger partial charge in [0.05, 0.1) is 11.1 Å². The topological polar surface area (TPSA) is 114 Å². The molecule has 0 bridgehead atoms. The lowest BCUT2D eigenvalue weighted by Crippen LogP contribution is -2.15. The van der Waals surface area contributed by atoms with Crippen LogP contribution in [0.15, 0.2) is 71.7 Å². The normalized spacial score (nSPS) is 9.75. The summed E-state index contributed by atoms with van der Waals surface area (Å²) in [5, 5.41) is 17.2. The molecule has 2 N–H and O–H groups in total. The number of aromatic carboxylic acids is 2. The fourth-order valence-electron chi connectivity index (χ4n) is 2.38. The van der Waals surface area contributed by atoms with E-state index >= 15 is 0 Å². The third kappa shape index (κ3) is 5.25. The number of pyridine rings is 1. The molecule has 28 heavy (non-hydrogen) atoms. The number of aromatic nitrogens is 1. The highest BCUT2D eigenvalue weighted by Gasteiger charge is 2.09. The van der Waals surface area contributed by atoms with Crippen LogP contribution in [0.2, 0.25) is 0 Å². The highest BCUT2D eigenvalue weighted by Crippen LogP contribution is 2.09. The summed E-state index contributed by atoms with van der Waals surface area (Å²) in [7, 11) is 0. The Bertz CT molecular complexity index is 1030. The molecule has 0 spiro atoms. The number of carboxylic acids is 2. The molecule has 3 rings (SSSR count). The Labute approximate surface area is 160 Å². The molecule has 0 amide bonds. The van der Waals surface area contributed by atoms with Crippen molar-refractivity contribution in [3.05, 3.63) is 99.5 Å². The second-order valence-electron chi connectivity index (χ2n) is 5.82. The van der Waals surface area contributed by atoms with Crippen molar-refractivity contribution in [1.29, 1.82) is 0 Å². The molecule has 7 heteroatoms. The Morgan fingerprint density at radius 1 is 0.893 bits per heavy atom. The molecule has 0 aliphatic heterocycles. The van der Waals surface area contributed by atoms with E-state index in [1.807, 2.05) is 0 Å². The fraction of sp³-hybridized carbons (Fsp3) is 0.0476. The maximum absolute atomic E-state index is 11.5. The molecule has 7 nitrogen and oxygen atoms in total. The highest BCUT2D eigenvalue weighted by atomic mass is 16.4. The molecule has 0 saturated heterocycles. The molecule has 1 aromatic heterocycles. The van der Waals surface area contributed by atoms with Gasteiger partial charge in [-0.15, -0.1) is 0 Å². The van der Waals surface area contributed by atoms with E-state index in [1.165, 1.54) is 22.8 Å². The van der Waals surface area contributed by atoms with E-state index in [1.54, 1.807) is 49.5 Å². The fourth-order valence-corrected chi connectivity index (χ4v) is 2.38. The first-order valence-corrected chi connectivity index (χ1v) is 8.13. The molecule has 0 unspecified atom stereocenters.